The molecule has 0 saturated heterocycles. The molecule has 0 aliphatic rings. The molecule has 2 atom stereocenters. The Bertz CT molecular complexity index is 1120. The van der Waals surface area contributed by atoms with E-state index in [0.29, 0.717) is 12.8 Å². The number of esters is 2. The van der Waals surface area contributed by atoms with Crippen LogP contribution in [0.5, 0.6) is 0 Å². The molecule has 0 bridgehead atoms. The Labute approximate surface area is 241 Å². The lowest BCUT2D eigenvalue weighted by atomic mass is 9.98. The largest absolute Gasteiger partial charge is 0.463 e. The maximum atomic E-state index is 13.3. The summed E-state index contributed by atoms with van der Waals surface area (Å²) >= 11 is 0. The predicted octanol–water partition coefficient (Wildman–Crippen LogP) is 3.72. The van der Waals surface area contributed by atoms with Crippen LogP contribution in [-0.4, -0.2) is 59.6 Å². The fourth-order valence-corrected chi connectivity index (χ4v) is 3.97. The summed E-state index contributed by atoms with van der Waals surface area (Å²) in [6, 6.07) is 17.1. The quantitative estimate of drug-likeness (QED) is 0.152. The highest BCUT2D eigenvalue weighted by atomic mass is 16.6. The van der Waals surface area contributed by atoms with E-state index in [1.807, 2.05) is 48.5 Å². The Balaban J connectivity index is 2.10. The Morgan fingerprint density at radius 2 is 1.59 bits per heavy atom. The number of hydrogen-bond acceptors (Lipinski definition) is 7. The van der Waals surface area contributed by atoms with Crippen molar-refractivity contribution >= 4 is 23.8 Å². The Kier molecular flexibility index (Phi) is 15.2. The van der Waals surface area contributed by atoms with Crippen molar-refractivity contribution in [3.05, 3.63) is 97.1 Å². The van der Waals surface area contributed by atoms with Crippen LogP contribution in [0, 0.1) is 5.92 Å². The van der Waals surface area contributed by atoms with Crippen LogP contribution in [0.15, 0.2) is 86.0 Å². The average molecular weight is 565 g/mol. The number of aliphatic hydroxyl groups excluding tert-OH is 1. The summed E-state index contributed by atoms with van der Waals surface area (Å²) in [4.78, 5) is 53.1. The second kappa shape index (κ2) is 18.9. The van der Waals surface area contributed by atoms with Gasteiger partial charge in [-0.15, -0.1) is 13.2 Å². The molecule has 220 valence electrons. The zero-order valence-electron chi connectivity index (χ0n) is 23.4. The summed E-state index contributed by atoms with van der Waals surface area (Å²) in [6.07, 6.45) is 4.55. The van der Waals surface area contributed by atoms with E-state index in [9.17, 15) is 24.3 Å². The number of nitrogens with zero attached hydrogens (tertiary/aromatic N) is 1. The minimum atomic E-state index is -1.27. The monoisotopic (exact) mass is 564 g/mol. The van der Waals surface area contributed by atoms with Crippen molar-refractivity contribution in [2.45, 2.75) is 51.3 Å². The van der Waals surface area contributed by atoms with Gasteiger partial charge in [0.05, 0.1) is 12.5 Å². The second-order valence-electron chi connectivity index (χ2n) is 9.47. The smallest absolute Gasteiger partial charge is 0.332 e. The van der Waals surface area contributed by atoms with Gasteiger partial charge >= 0.3 is 11.9 Å². The summed E-state index contributed by atoms with van der Waals surface area (Å²) in [6.45, 7) is 7.03. The fourth-order valence-electron chi connectivity index (χ4n) is 3.97. The molecular formula is C32H40N2O7. The van der Waals surface area contributed by atoms with Gasteiger partial charge in [-0.1, -0.05) is 72.8 Å². The van der Waals surface area contributed by atoms with Crippen LogP contribution in [0.25, 0.3) is 0 Å². The number of hydrogen-bond donors (Lipinski definition) is 2. The molecule has 41 heavy (non-hydrogen) atoms. The first kappa shape index (κ1) is 33.0. The molecule has 0 aromatic heterocycles. The zero-order chi connectivity index (χ0) is 29.9. The SMILES string of the molecule is C=CCCCC(=O)OC[C@@H](NC(=O)[C@H](CC=C)CC(=O)N(CCO)Cc1ccccc1)C(=O)OCc1ccccc1. The fraction of sp³-hybridized carbons (Fsp3) is 0.375. The van der Waals surface area contributed by atoms with Gasteiger partial charge in [-0.2, -0.15) is 0 Å². The molecule has 2 aromatic carbocycles. The molecular weight excluding hydrogens is 524 g/mol. The van der Waals surface area contributed by atoms with E-state index >= 15 is 0 Å². The third kappa shape index (κ3) is 12.7. The van der Waals surface area contributed by atoms with Gasteiger partial charge in [0.1, 0.15) is 13.2 Å². The van der Waals surface area contributed by atoms with E-state index in [1.54, 1.807) is 18.2 Å². The van der Waals surface area contributed by atoms with E-state index in [0.717, 1.165) is 11.1 Å². The van der Waals surface area contributed by atoms with Crippen LogP contribution in [0.3, 0.4) is 0 Å². The Morgan fingerprint density at radius 1 is 0.927 bits per heavy atom. The van der Waals surface area contributed by atoms with Crippen LogP contribution in [0.4, 0.5) is 0 Å². The summed E-state index contributed by atoms with van der Waals surface area (Å²) in [7, 11) is 0. The summed E-state index contributed by atoms with van der Waals surface area (Å²) < 4.78 is 10.7. The molecule has 2 aromatic rings. The first-order valence-electron chi connectivity index (χ1n) is 13.7. The minimum absolute atomic E-state index is 0.0243. The third-order valence-corrected chi connectivity index (χ3v) is 6.21. The van der Waals surface area contributed by atoms with Gasteiger partial charge < -0.3 is 24.8 Å². The van der Waals surface area contributed by atoms with Crippen molar-refractivity contribution in [3.63, 3.8) is 0 Å². The number of unbranched alkanes of at least 4 members (excludes halogenated alkanes) is 1. The number of aliphatic hydroxyl groups is 1. The second-order valence-corrected chi connectivity index (χ2v) is 9.47. The molecule has 0 spiro atoms. The normalized spacial score (nSPS) is 11.9. The summed E-state index contributed by atoms with van der Waals surface area (Å²) in [5.74, 6) is -3.03. The van der Waals surface area contributed by atoms with Gasteiger partial charge in [0.15, 0.2) is 6.04 Å². The number of allylic oxidation sites excluding steroid dienone is 2. The first-order valence-corrected chi connectivity index (χ1v) is 13.7. The van der Waals surface area contributed by atoms with Crippen LogP contribution in [0.2, 0.25) is 0 Å². The highest BCUT2D eigenvalue weighted by Gasteiger charge is 2.30. The van der Waals surface area contributed by atoms with Crippen molar-refractivity contribution in [2.75, 3.05) is 19.8 Å². The predicted molar refractivity (Wildman–Crippen MR) is 155 cm³/mol. The Morgan fingerprint density at radius 3 is 2.20 bits per heavy atom. The molecule has 2 amide bonds. The average Bonchev–Trinajstić information content (AvgIpc) is 2.98. The van der Waals surface area contributed by atoms with Crippen LogP contribution in [0.1, 0.15) is 43.2 Å². The van der Waals surface area contributed by atoms with E-state index in [4.69, 9.17) is 9.47 Å². The molecule has 9 heteroatoms. The van der Waals surface area contributed by atoms with Gasteiger partial charge in [-0.05, 0) is 30.4 Å². The third-order valence-electron chi connectivity index (χ3n) is 6.21. The maximum Gasteiger partial charge on any atom is 0.332 e. The number of benzene rings is 2. The number of carbonyl (C=O) groups is 4. The molecule has 0 aliphatic carbocycles. The lowest BCUT2D eigenvalue weighted by Crippen LogP contribution is -2.48. The van der Waals surface area contributed by atoms with E-state index < -0.39 is 36.4 Å². The molecule has 0 aliphatic heterocycles. The zero-order valence-corrected chi connectivity index (χ0v) is 23.4. The first-order chi connectivity index (χ1) is 19.9. The minimum Gasteiger partial charge on any atom is -0.463 e. The highest BCUT2D eigenvalue weighted by Crippen LogP contribution is 2.15. The van der Waals surface area contributed by atoms with Gasteiger partial charge in [0, 0.05) is 25.9 Å². The van der Waals surface area contributed by atoms with Crippen LogP contribution in [-0.2, 0) is 41.8 Å². The molecule has 2 N–H and O–H groups in total. The summed E-state index contributed by atoms with van der Waals surface area (Å²) in [5, 5.41) is 12.1. The van der Waals surface area contributed by atoms with Crippen molar-refractivity contribution in [1.82, 2.24) is 10.2 Å². The van der Waals surface area contributed by atoms with Gasteiger partial charge in [-0.3, -0.25) is 14.4 Å². The van der Waals surface area contributed by atoms with Gasteiger partial charge in [0.25, 0.3) is 0 Å². The molecule has 0 saturated carbocycles. The van der Waals surface area contributed by atoms with E-state index in [2.05, 4.69) is 18.5 Å². The Hall–Kier alpha value is -4.24. The number of carbonyl (C=O) groups excluding carboxylic acids is 4. The summed E-state index contributed by atoms with van der Waals surface area (Å²) in [5.41, 5.74) is 1.64. The molecule has 2 rings (SSSR count). The van der Waals surface area contributed by atoms with Crippen molar-refractivity contribution in [1.29, 1.82) is 0 Å². The maximum absolute atomic E-state index is 13.3. The van der Waals surface area contributed by atoms with E-state index in [-0.39, 0.29) is 51.5 Å². The molecule has 0 radical (unpaired) electrons. The topological polar surface area (TPSA) is 122 Å². The van der Waals surface area contributed by atoms with Gasteiger partial charge in [-0.25, -0.2) is 4.79 Å². The number of ether oxygens (including phenoxy) is 2. The standard InChI is InChI=1S/C32H40N2O7/c1-3-5-8-18-30(37)40-24-28(32(39)41-23-26-16-11-7-12-17-26)33-31(38)27(13-4-2)21-29(36)34(19-20-35)22-25-14-9-6-10-15-25/h3-4,6-7,9-12,14-17,27-28,35H,1-2,5,8,13,18-24H2,(H,33,38)/t27-,28-/m1/s1. The van der Waals surface area contributed by atoms with Crippen molar-refractivity contribution < 1.29 is 33.8 Å². The van der Waals surface area contributed by atoms with Crippen molar-refractivity contribution in [3.8, 4) is 0 Å². The number of amides is 2. The van der Waals surface area contributed by atoms with Gasteiger partial charge in [0.2, 0.25) is 11.8 Å². The lowest BCUT2D eigenvalue weighted by molar-refractivity contribution is -0.155. The van der Waals surface area contributed by atoms with Crippen LogP contribution >= 0.6 is 0 Å². The van der Waals surface area contributed by atoms with E-state index in [1.165, 1.54) is 11.0 Å². The van der Waals surface area contributed by atoms with Crippen molar-refractivity contribution in [2.24, 2.45) is 5.92 Å². The molecule has 0 fully saturated rings. The molecule has 0 heterocycles. The number of rotatable bonds is 19. The lowest BCUT2D eigenvalue weighted by Gasteiger charge is -2.25. The molecule has 0 unspecified atom stereocenters. The molecule has 9 nitrogen and oxygen atoms in total. The van der Waals surface area contributed by atoms with Crippen LogP contribution < -0.4 is 5.32 Å². The number of nitrogens with one attached hydrogen (secondary N) is 1. The highest BCUT2D eigenvalue weighted by molar-refractivity contribution is 5.89.